The van der Waals surface area contributed by atoms with Crippen LogP contribution in [0.25, 0.3) is 16.8 Å². The van der Waals surface area contributed by atoms with Gasteiger partial charge in [0.25, 0.3) is 11.1 Å². The Labute approximate surface area is 194 Å². The number of fused-ring (bicyclic) bond motifs is 1. The summed E-state index contributed by atoms with van der Waals surface area (Å²) in [6, 6.07) is 18.6. The van der Waals surface area contributed by atoms with E-state index in [1.165, 1.54) is 11.0 Å². The molecule has 1 saturated heterocycles. The molecule has 0 spiro atoms. The van der Waals surface area contributed by atoms with Crippen LogP contribution in [0.15, 0.2) is 65.6 Å². The number of imide groups is 1. The standard InChI is InChI=1S/C25H21NO6S/c1-2-31-20-12-6-9-17(23(20)32-15-22(27)28)13-21-24(29)26(25(30)33-21)14-18-10-5-8-16-7-3-4-11-19(16)18/h3-13H,2,14-15H2,1H3,(H,27,28)/b21-13-. The Kier molecular flexibility index (Phi) is 6.65. The Morgan fingerprint density at radius 1 is 1.03 bits per heavy atom. The largest absolute Gasteiger partial charge is 0.490 e. The van der Waals surface area contributed by atoms with Crippen molar-refractivity contribution in [3.63, 3.8) is 0 Å². The van der Waals surface area contributed by atoms with Crippen LogP contribution in [-0.4, -0.2) is 40.3 Å². The second-order valence-corrected chi connectivity index (χ2v) is 8.19. The molecule has 168 valence electrons. The van der Waals surface area contributed by atoms with Crippen molar-refractivity contribution in [2.75, 3.05) is 13.2 Å². The van der Waals surface area contributed by atoms with Crippen LogP contribution in [0.5, 0.6) is 11.5 Å². The van der Waals surface area contributed by atoms with E-state index >= 15 is 0 Å². The summed E-state index contributed by atoms with van der Waals surface area (Å²) in [5, 5.41) is 10.7. The average Bonchev–Trinajstić information content (AvgIpc) is 3.06. The molecule has 0 saturated carbocycles. The molecule has 2 amide bonds. The van der Waals surface area contributed by atoms with E-state index in [-0.39, 0.29) is 22.4 Å². The fraction of sp³-hybridized carbons (Fsp3) is 0.160. The molecule has 1 fully saturated rings. The molecule has 0 bridgehead atoms. The third kappa shape index (κ3) is 4.85. The average molecular weight is 464 g/mol. The smallest absolute Gasteiger partial charge is 0.341 e. The predicted octanol–water partition coefficient (Wildman–Crippen LogP) is 4.94. The maximum absolute atomic E-state index is 13.1. The number of benzene rings is 3. The predicted molar refractivity (Wildman–Crippen MR) is 126 cm³/mol. The van der Waals surface area contributed by atoms with Crippen LogP contribution in [0.3, 0.4) is 0 Å². The zero-order valence-electron chi connectivity index (χ0n) is 17.8. The van der Waals surface area contributed by atoms with Crippen molar-refractivity contribution in [1.29, 1.82) is 0 Å². The Bertz CT molecular complexity index is 1260. The van der Waals surface area contributed by atoms with E-state index in [9.17, 15) is 14.4 Å². The Balaban J connectivity index is 1.64. The first-order valence-electron chi connectivity index (χ1n) is 10.3. The number of hydrogen-bond acceptors (Lipinski definition) is 6. The van der Waals surface area contributed by atoms with E-state index in [0.717, 1.165) is 28.1 Å². The maximum atomic E-state index is 13.1. The SMILES string of the molecule is CCOc1cccc(/C=C2\SC(=O)N(Cc3cccc4ccccc34)C2=O)c1OCC(=O)O. The van der Waals surface area contributed by atoms with Crippen LogP contribution >= 0.6 is 11.8 Å². The number of carbonyl (C=O) groups excluding carboxylic acids is 2. The number of amides is 2. The van der Waals surface area contributed by atoms with E-state index in [1.54, 1.807) is 25.1 Å². The molecule has 0 radical (unpaired) electrons. The van der Waals surface area contributed by atoms with Crippen molar-refractivity contribution in [2.24, 2.45) is 0 Å². The Hall–Kier alpha value is -3.78. The summed E-state index contributed by atoms with van der Waals surface area (Å²) in [4.78, 5) is 38.2. The Morgan fingerprint density at radius 3 is 2.58 bits per heavy atom. The minimum Gasteiger partial charge on any atom is -0.490 e. The summed E-state index contributed by atoms with van der Waals surface area (Å²) in [7, 11) is 0. The molecule has 7 nitrogen and oxygen atoms in total. The van der Waals surface area contributed by atoms with Gasteiger partial charge < -0.3 is 14.6 Å². The van der Waals surface area contributed by atoms with Gasteiger partial charge in [-0.25, -0.2) is 4.79 Å². The molecular weight excluding hydrogens is 442 g/mol. The first-order chi connectivity index (χ1) is 16.0. The number of carbonyl (C=O) groups is 3. The van der Waals surface area contributed by atoms with E-state index in [2.05, 4.69) is 0 Å². The van der Waals surface area contributed by atoms with Gasteiger partial charge in [-0.1, -0.05) is 54.6 Å². The third-order valence-electron chi connectivity index (χ3n) is 5.02. The van der Waals surface area contributed by atoms with Gasteiger partial charge in [0.15, 0.2) is 18.1 Å². The summed E-state index contributed by atoms with van der Waals surface area (Å²) in [6.07, 6.45) is 1.54. The highest BCUT2D eigenvalue weighted by Gasteiger charge is 2.35. The van der Waals surface area contributed by atoms with Crippen molar-refractivity contribution < 1.29 is 29.0 Å². The topological polar surface area (TPSA) is 93.1 Å². The molecule has 1 N–H and O–H groups in total. The summed E-state index contributed by atoms with van der Waals surface area (Å²) in [5.74, 6) is -0.975. The number of hydrogen-bond donors (Lipinski definition) is 1. The van der Waals surface area contributed by atoms with Gasteiger partial charge in [-0.15, -0.1) is 0 Å². The first-order valence-corrected chi connectivity index (χ1v) is 11.1. The molecule has 0 aromatic heterocycles. The van der Waals surface area contributed by atoms with Gasteiger partial charge in [0.1, 0.15) is 0 Å². The first kappa shape index (κ1) is 22.4. The molecule has 0 unspecified atom stereocenters. The quantitative estimate of drug-likeness (QED) is 0.473. The maximum Gasteiger partial charge on any atom is 0.341 e. The van der Waals surface area contributed by atoms with Crippen LogP contribution in [0, 0.1) is 0 Å². The number of ether oxygens (including phenoxy) is 2. The molecule has 33 heavy (non-hydrogen) atoms. The van der Waals surface area contributed by atoms with E-state index in [0.29, 0.717) is 17.9 Å². The lowest BCUT2D eigenvalue weighted by atomic mass is 10.0. The minimum absolute atomic E-state index is 0.157. The number of para-hydroxylation sites is 1. The van der Waals surface area contributed by atoms with Gasteiger partial charge in [-0.3, -0.25) is 14.5 Å². The molecule has 1 aliphatic heterocycles. The highest BCUT2D eigenvalue weighted by atomic mass is 32.2. The van der Waals surface area contributed by atoms with Gasteiger partial charge in [-0.2, -0.15) is 0 Å². The molecule has 3 aromatic carbocycles. The molecular formula is C25H21NO6S. The van der Waals surface area contributed by atoms with Crippen LogP contribution in [0.1, 0.15) is 18.1 Å². The monoisotopic (exact) mass is 463 g/mol. The van der Waals surface area contributed by atoms with Crippen molar-refractivity contribution in [2.45, 2.75) is 13.5 Å². The lowest BCUT2D eigenvalue weighted by Crippen LogP contribution is -2.27. The minimum atomic E-state index is -1.14. The van der Waals surface area contributed by atoms with Gasteiger partial charge in [-0.05, 0) is 47.2 Å². The van der Waals surface area contributed by atoms with E-state index in [4.69, 9.17) is 14.6 Å². The fourth-order valence-electron chi connectivity index (χ4n) is 3.58. The zero-order chi connectivity index (χ0) is 23.4. The molecule has 0 atom stereocenters. The normalized spacial score (nSPS) is 14.8. The van der Waals surface area contributed by atoms with Crippen LogP contribution in [0.4, 0.5) is 4.79 Å². The van der Waals surface area contributed by atoms with E-state index < -0.39 is 18.5 Å². The summed E-state index contributed by atoms with van der Waals surface area (Å²) in [6.45, 7) is 1.75. The second kappa shape index (κ2) is 9.79. The summed E-state index contributed by atoms with van der Waals surface area (Å²) < 4.78 is 11.0. The van der Waals surface area contributed by atoms with Gasteiger partial charge >= 0.3 is 5.97 Å². The van der Waals surface area contributed by atoms with Crippen molar-refractivity contribution in [1.82, 2.24) is 4.90 Å². The molecule has 4 rings (SSSR count). The van der Waals surface area contributed by atoms with Crippen LogP contribution < -0.4 is 9.47 Å². The molecule has 1 heterocycles. The highest BCUT2D eigenvalue weighted by Crippen LogP contribution is 2.38. The fourth-order valence-corrected chi connectivity index (χ4v) is 4.41. The summed E-state index contributed by atoms with van der Waals surface area (Å²) in [5.41, 5.74) is 1.33. The number of carboxylic acid groups (broad SMARTS) is 1. The number of rotatable bonds is 8. The lowest BCUT2D eigenvalue weighted by Gasteiger charge is -2.15. The molecule has 3 aromatic rings. The molecule has 0 aliphatic carbocycles. The number of nitrogens with zero attached hydrogens (tertiary/aromatic N) is 1. The van der Waals surface area contributed by atoms with Crippen LogP contribution in [0.2, 0.25) is 0 Å². The number of thioether (sulfide) groups is 1. The molecule has 8 heteroatoms. The van der Waals surface area contributed by atoms with Crippen LogP contribution in [-0.2, 0) is 16.1 Å². The third-order valence-corrected chi connectivity index (χ3v) is 5.93. The van der Waals surface area contributed by atoms with Gasteiger partial charge in [0.05, 0.1) is 18.1 Å². The lowest BCUT2D eigenvalue weighted by molar-refractivity contribution is -0.139. The highest BCUT2D eigenvalue weighted by molar-refractivity contribution is 8.18. The van der Waals surface area contributed by atoms with Crippen molar-refractivity contribution in [3.05, 3.63) is 76.7 Å². The number of carboxylic acids is 1. The van der Waals surface area contributed by atoms with Gasteiger partial charge in [0.2, 0.25) is 0 Å². The zero-order valence-corrected chi connectivity index (χ0v) is 18.6. The Morgan fingerprint density at radius 2 is 1.79 bits per heavy atom. The van der Waals surface area contributed by atoms with E-state index in [1.807, 2.05) is 42.5 Å². The number of aliphatic carboxylic acids is 1. The van der Waals surface area contributed by atoms with Gasteiger partial charge in [0, 0.05) is 5.56 Å². The summed E-state index contributed by atoms with van der Waals surface area (Å²) >= 11 is 0.839. The van der Waals surface area contributed by atoms with Crippen molar-refractivity contribution >= 4 is 45.7 Å². The second-order valence-electron chi connectivity index (χ2n) is 7.20. The molecule has 1 aliphatic rings. The van der Waals surface area contributed by atoms with Crippen molar-refractivity contribution in [3.8, 4) is 11.5 Å².